The number of hydrogen-bond acceptors (Lipinski definition) is 9. The number of thiophene rings is 2. The van der Waals surface area contributed by atoms with Gasteiger partial charge in [-0.25, -0.2) is 4.79 Å². The van der Waals surface area contributed by atoms with Crippen LogP contribution in [0.25, 0.3) is 20.4 Å². The second-order valence-corrected chi connectivity index (χ2v) is 16.2. The molecule has 0 saturated carbocycles. The average molecular weight is 745 g/mol. The van der Waals surface area contributed by atoms with Gasteiger partial charge in [0.2, 0.25) is 0 Å². The molecule has 50 heavy (non-hydrogen) atoms. The fraction of sp³-hybridized carbons (Fsp3) is 0.541. The predicted octanol–water partition coefficient (Wildman–Crippen LogP) is 7.22. The number of aromatic nitrogens is 2. The molecule has 0 unspecified atom stereocenters. The Labute approximate surface area is 307 Å². The smallest absolute Gasteiger partial charge is 0.410 e. The number of piperidine rings is 2. The second kappa shape index (κ2) is 16.4. The van der Waals surface area contributed by atoms with E-state index in [2.05, 4.69) is 5.32 Å². The van der Waals surface area contributed by atoms with Crippen molar-refractivity contribution in [1.29, 1.82) is 0 Å². The first kappa shape index (κ1) is 39.5. The number of nitrogens with one attached hydrogen (secondary N) is 1. The number of hydrogen-bond donors (Lipinski definition) is 1. The number of pyridine rings is 2. The topological polar surface area (TPSA) is 120 Å². The summed E-state index contributed by atoms with van der Waals surface area (Å²) in [5.41, 5.74) is 3.41. The van der Waals surface area contributed by atoms with Crippen molar-refractivity contribution < 1.29 is 19.1 Å². The van der Waals surface area contributed by atoms with Gasteiger partial charge in [-0.15, -0.1) is 35.1 Å². The lowest BCUT2D eigenvalue weighted by Crippen LogP contribution is -2.42. The molecule has 2 saturated heterocycles. The Bertz CT molecular complexity index is 1990. The Morgan fingerprint density at radius 2 is 1.20 bits per heavy atom. The van der Waals surface area contributed by atoms with Crippen molar-refractivity contribution in [2.75, 3.05) is 26.2 Å². The fourth-order valence-corrected chi connectivity index (χ4v) is 9.09. The number of likely N-dealkylation sites (tertiary alicyclic amines) is 1. The zero-order chi connectivity index (χ0) is 35.6. The number of carbonyl (C=O) groups is 3. The van der Waals surface area contributed by atoms with Gasteiger partial charge in [0.1, 0.15) is 5.60 Å². The SMILES string of the molecule is CC(=O)c1c(C)c(=O)n(CC2CCN(C(=O)OC(C)(C)C)CC2)c2ccsc12.CC(=O)c1c(C)c(=O)n(CC2CCNCC2)c2ccsc12.Cl. The van der Waals surface area contributed by atoms with Crippen molar-refractivity contribution in [2.45, 2.75) is 92.8 Å². The van der Waals surface area contributed by atoms with Crippen LogP contribution in [-0.4, -0.2) is 63.5 Å². The van der Waals surface area contributed by atoms with E-state index >= 15 is 0 Å². The molecular weight excluding hydrogens is 696 g/mol. The van der Waals surface area contributed by atoms with Crippen LogP contribution in [0.3, 0.4) is 0 Å². The van der Waals surface area contributed by atoms with Crippen LogP contribution in [0.15, 0.2) is 32.5 Å². The molecule has 0 atom stereocenters. The Hall–Kier alpha value is -3.32. The molecule has 0 radical (unpaired) electrons. The van der Waals surface area contributed by atoms with Crippen LogP contribution in [0.2, 0.25) is 0 Å². The summed E-state index contributed by atoms with van der Waals surface area (Å²) in [5.74, 6) is 0.752. The predicted molar refractivity (Wildman–Crippen MR) is 205 cm³/mol. The van der Waals surface area contributed by atoms with E-state index < -0.39 is 5.60 Å². The Morgan fingerprint density at radius 3 is 1.60 bits per heavy atom. The van der Waals surface area contributed by atoms with Crippen LogP contribution in [0, 0.1) is 25.7 Å². The number of ether oxygens (including phenoxy) is 1. The Balaban J connectivity index is 0.000000229. The summed E-state index contributed by atoms with van der Waals surface area (Å²) in [4.78, 5) is 63.5. The Morgan fingerprint density at radius 1 is 0.780 bits per heavy atom. The van der Waals surface area contributed by atoms with Crippen molar-refractivity contribution in [3.8, 4) is 0 Å². The molecule has 0 bridgehead atoms. The van der Waals surface area contributed by atoms with Crippen LogP contribution in [0.1, 0.15) is 92.1 Å². The summed E-state index contributed by atoms with van der Waals surface area (Å²) < 4.78 is 11.0. The zero-order valence-corrected chi connectivity index (χ0v) is 32.5. The molecule has 0 spiro atoms. The maximum absolute atomic E-state index is 12.9. The first-order chi connectivity index (χ1) is 23.2. The van der Waals surface area contributed by atoms with Crippen molar-refractivity contribution >= 4 is 73.2 Å². The molecule has 0 aliphatic carbocycles. The third kappa shape index (κ3) is 8.58. The number of carbonyl (C=O) groups excluding carboxylic acids is 3. The fourth-order valence-electron chi connectivity index (χ4n) is 7.00. The molecule has 272 valence electrons. The largest absolute Gasteiger partial charge is 0.444 e. The highest BCUT2D eigenvalue weighted by Crippen LogP contribution is 2.29. The molecule has 4 aromatic rings. The molecule has 2 fully saturated rings. The number of halogens is 1. The van der Waals surface area contributed by atoms with Crippen molar-refractivity contribution in [2.24, 2.45) is 11.8 Å². The summed E-state index contributed by atoms with van der Waals surface area (Å²) >= 11 is 3.05. The highest BCUT2D eigenvalue weighted by molar-refractivity contribution is 7.17. The summed E-state index contributed by atoms with van der Waals surface area (Å²) in [6.07, 6.45) is 3.58. The van der Waals surface area contributed by atoms with Gasteiger partial charge < -0.3 is 24.1 Å². The van der Waals surface area contributed by atoms with E-state index in [4.69, 9.17) is 4.74 Å². The van der Waals surface area contributed by atoms with Crippen LogP contribution in [0.4, 0.5) is 4.79 Å². The van der Waals surface area contributed by atoms with E-state index in [-0.39, 0.29) is 41.2 Å². The van der Waals surface area contributed by atoms with Gasteiger partial charge >= 0.3 is 6.09 Å². The molecule has 0 aromatic carbocycles. The van der Waals surface area contributed by atoms with Crippen LogP contribution in [0.5, 0.6) is 0 Å². The number of fused-ring (bicyclic) bond motifs is 2. The summed E-state index contributed by atoms with van der Waals surface area (Å²) in [6.45, 7) is 16.8. The van der Waals surface area contributed by atoms with E-state index in [1.807, 2.05) is 48.2 Å². The summed E-state index contributed by atoms with van der Waals surface area (Å²) in [5, 5.41) is 7.25. The summed E-state index contributed by atoms with van der Waals surface area (Å²) in [6, 6.07) is 3.89. The van der Waals surface area contributed by atoms with E-state index in [9.17, 15) is 24.0 Å². The maximum Gasteiger partial charge on any atom is 0.410 e. The molecular formula is C37H49ClN4O6S2. The van der Waals surface area contributed by atoms with E-state index in [1.165, 1.54) is 25.2 Å². The highest BCUT2D eigenvalue weighted by Gasteiger charge is 2.28. The van der Waals surface area contributed by atoms with Crippen molar-refractivity contribution in [3.63, 3.8) is 0 Å². The number of nitrogens with zero attached hydrogens (tertiary/aromatic N) is 3. The van der Waals surface area contributed by atoms with Gasteiger partial charge in [-0.3, -0.25) is 19.2 Å². The molecule has 1 N–H and O–H groups in total. The van der Waals surface area contributed by atoms with Crippen molar-refractivity contribution in [3.05, 3.63) is 65.9 Å². The second-order valence-electron chi connectivity index (χ2n) is 14.3. The first-order valence-corrected chi connectivity index (χ1v) is 18.9. The normalized spacial score (nSPS) is 15.8. The lowest BCUT2D eigenvalue weighted by molar-refractivity contribution is 0.0178. The number of Topliss-reactive ketones (excluding diaryl/α,β-unsaturated/α-hetero) is 2. The number of rotatable bonds is 6. The molecule has 2 aliphatic heterocycles. The van der Waals surface area contributed by atoms with E-state index in [0.717, 1.165) is 65.8 Å². The highest BCUT2D eigenvalue weighted by atomic mass is 35.5. The standard InChI is InChI=1S/C21H28N2O4S.C16H20N2O2S.ClH/c1-13-17(14(2)24)18-16(8-11-28-18)23(19(13)25)12-15-6-9-22(10-7-15)20(26)27-21(3,4)5;1-10-14(11(2)19)15-13(5-8-21-15)18(16(10)20)9-12-3-6-17-7-4-12;/h8,11,15H,6-7,9-10,12H2,1-5H3;5,8,12,17H,3-4,6-7,9H2,1-2H3;1H. The van der Waals surface area contributed by atoms with E-state index in [1.54, 1.807) is 34.7 Å². The molecule has 2 aliphatic rings. The monoisotopic (exact) mass is 744 g/mol. The van der Waals surface area contributed by atoms with Gasteiger partial charge in [0.05, 0.1) is 20.4 Å². The molecule has 1 amide bonds. The number of ketones is 2. The quantitative estimate of drug-likeness (QED) is 0.207. The van der Waals surface area contributed by atoms with Gasteiger partial charge in [-0.1, -0.05) is 0 Å². The lowest BCUT2D eigenvalue weighted by atomic mass is 9.96. The minimum absolute atomic E-state index is 0. The van der Waals surface area contributed by atoms with Crippen molar-refractivity contribution in [1.82, 2.24) is 19.4 Å². The lowest BCUT2D eigenvalue weighted by Gasteiger charge is -2.33. The molecule has 13 heteroatoms. The molecule has 6 heterocycles. The van der Waals surface area contributed by atoms with Crippen LogP contribution in [-0.2, 0) is 17.8 Å². The maximum atomic E-state index is 12.9. The first-order valence-electron chi connectivity index (χ1n) is 17.1. The average Bonchev–Trinajstić information content (AvgIpc) is 3.72. The molecule has 4 aromatic heterocycles. The van der Waals surface area contributed by atoms with Crippen LogP contribution < -0.4 is 16.4 Å². The third-order valence-corrected chi connectivity index (χ3v) is 11.4. The van der Waals surface area contributed by atoms with Gasteiger partial charge in [0, 0.05) is 48.4 Å². The minimum atomic E-state index is -0.498. The van der Waals surface area contributed by atoms with Gasteiger partial charge in [-0.05, 0) is 122 Å². The summed E-state index contributed by atoms with van der Waals surface area (Å²) in [7, 11) is 0. The van der Waals surface area contributed by atoms with Gasteiger partial charge in [-0.2, -0.15) is 0 Å². The van der Waals surface area contributed by atoms with E-state index in [0.29, 0.717) is 53.7 Å². The number of amides is 1. The third-order valence-electron chi connectivity index (χ3n) is 9.52. The minimum Gasteiger partial charge on any atom is -0.444 e. The Kier molecular flexibility index (Phi) is 12.9. The zero-order valence-electron chi connectivity index (χ0n) is 30.1. The van der Waals surface area contributed by atoms with Gasteiger partial charge in [0.15, 0.2) is 11.6 Å². The van der Waals surface area contributed by atoms with Gasteiger partial charge in [0.25, 0.3) is 11.1 Å². The van der Waals surface area contributed by atoms with Crippen LogP contribution >= 0.6 is 35.1 Å². The molecule has 6 rings (SSSR count). The molecule has 10 nitrogen and oxygen atoms in total.